The first-order valence-corrected chi connectivity index (χ1v) is 6.64. The number of rotatable bonds is 5. The third kappa shape index (κ3) is 2.96. The van der Waals surface area contributed by atoms with Gasteiger partial charge in [-0.25, -0.2) is 4.39 Å². The fourth-order valence-corrected chi connectivity index (χ4v) is 2.25. The first-order valence-electron chi connectivity index (χ1n) is 6.64. The number of benzene rings is 1. The van der Waals surface area contributed by atoms with Crippen LogP contribution < -0.4 is 10.1 Å². The maximum Gasteiger partial charge on any atom is 0.165 e. The molecule has 0 amide bonds. The van der Waals surface area contributed by atoms with Crippen molar-refractivity contribution in [3.8, 4) is 5.75 Å². The molecule has 0 fully saturated rings. The van der Waals surface area contributed by atoms with E-state index in [1.54, 1.807) is 12.3 Å². The third-order valence-corrected chi connectivity index (χ3v) is 3.31. The molecule has 20 heavy (non-hydrogen) atoms. The van der Waals surface area contributed by atoms with Crippen LogP contribution in [0.1, 0.15) is 29.7 Å². The Morgan fingerprint density at radius 3 is 2.75 bits per heavy atom. The molecule has 1 unspecified atom stereocenters. The summed E-state index contributed by atoms with van der Waals surface area (Å²) in [4.78, 5) is 4.17. The minimum atomic E-state index is -0.352. The predicted octanol–water partition coefficient (Wildman–Crippen LogP) is 3.24. The summed E-state index contributed by atoms with van der Waals surface area (Å²) in [6.45, 7) is 4.84. The second-order valence-electron chi connectivity index (χ2n) is 4.62. The van der Waals surface area contributed by atoms with Crippen molar-refractivity contribution in [3.63, 3.8) is 0 Å². The van der Waals surface area contributed by atoms with Crippen LogP contribution in [0.4, 0.5) is 4.39 Å². The van der Waals surface area contributed by atoms with Crippen molar-refractivity contribution in [1.82, 2.24) is 10.3 Å². The number of ether oxygens (including phenoxy) is 1. The summed E-state index contributed by atoms with van der Waals surface area (Å²) in [6, 6.07) is 6.93. The number of methoxy groups -OCH3 is 1. The molecule has 2 rings (SSSR count). The van der Waals surface area contributed by atoms with Crippen LogP contribution in [0.15, 0.2) is 36.7 Å². The lowest BCUT2D eigenvalue weighted by Gasteiger charge is -2.21. The van der Waals surface area contributed by atoms with Crippen molar-refractivity contribution in [2.45, 2.75) is 19.9 Å². The average molecular weight is 274 g/mol. The molecule has 1 aromatic heterocycles. The first kappa shape index (κ1) is 14.5. The van der Waals surface area contributed by atoms with Gasteiger partial charge in [-0.05, 0) is 48.4 Å². The molecule has 0 aliphatic rings. The van der Waals surface area contributed by atoms with Gasteiger partial charge in [0.2, 0.25) is 0 Å². The van der Waals surface area contributed by atoms with Crippen LogP contribution >= 0.6 is 0 Å². The van der Waals surface area contributed by atoms with E-state index < -0.39 is 0 Å². The molecule has 106 valence electrons. The molecule has 0 spiro atoms. The number of hydrogen-bond acceptors (Lipinski definition) is 3. The smallest absolute Gasteiger partial charge is 0.165 e. The van der Waals surface area contributed by atoms with Gasteiger partial charge in [-0.2, -0.15) is 0 Å². The molecule has 1 atom stereocenters. The quantitative estimate of drug-likeness (QED) is 0.909. The van der Waals surface area contributed by atoms with E-state index in [9.17, 15) is 4.39 Å². The Balaban J connectivity index is 2.43. The number of hydrogen-bond donors (Lipinski definition) is 1. The maximum atomic E-state index is 13.9. The molecule has 1 N–H and O–H groups in total. The highest BCUT2D eigenvalue weighted by molar-refractivity contribution is 5.38. The first-order chi connectivity index (χ1) is 9.67. The lowest BCUT2D eigenvalue weighted by atomic mass is 9.96. The van der Waals surface area contributed by atoms with E-state index in [0.717, 1.165) is 23.2 Å². The molecular weight excluding hydrogens is 255 g/mol. The summed E-state index contributed by atoms with van der Waals surface area (Å²) in [5.41, 5.74) is 3.04. The van der Waals surface area contributed by atoms with Crippen LogP contribution in [-0.2, 0) is 0 Å². The lowest BCUT2D eigenvalue weighted by molar-refractivity contribution is 0.385. The van der Waals surface area contributed by atoms with Crippen molar-refractivity contribution in [2.75, 3.05) is 13.7 Å². The molecular formula is C16H19FN2O. The molecule has 4 heteroatoms. The number of pyridine rings is 1. The highest BCUT2D eigenvalue weighted by Gasteiger charge is 2.17. The van der Waals surface area contributed by atoms with Crippen molar-refractivity contribution in [3.05, 3.63) is 59.2 Å². The van der Waals surface area contributed by atoms with Gasteiger partial charge >= 0.3 is 0 Å². The molecule has 1 aromatic carbocycles. The van der Waals surface area contributed by atoms with Gasteiger partial charge in [0, 0.05) is 12.4 Å². The van der Waals surface area contributed by atoms with Gasteiger partial charge < -0.3 is 10.1 Å². The zero-order valence-electron chi connectivity index (χ0n) is 12.0. The van der Waals surface area contributed by atoms with Crippen molar-refractivity contribution < 1.29 is 9.13 Å². The number of aromatic nitrogens is 1. The Hall–Kier alpha value is -1.94. The highest BCUT2D eigenvalue weighted by Crippen LogP contribution is 2.27. The fraction of sp³-hybridized carbons (Fsp3) is 0.312. The van der Waals surface area contributed by atoms with E-state index in [2.05, 4.69) is 10.3 Å². The van der Waals surface area contributed by atoms with Gasteiger partial charge in [-0.3, -0.25) is 4.98 Å². The van der Waals surface area contributed by atoms with Gasteiger partial charge in [-0.15, -0.1) is 0 Å². The molecule has 3 nitrogen and oxygen atoms in total. The number of nitrogens with zero attached hydrogens (tertiary/aromatic N) is 1. The summed E-state index contributed by atoms with van der Waals surface area (Å²) in [7, 11) is 1.46. The molecule has 0 saturated carbocycles. The van der Waals surface area contributed by atoms with Gasteiger partial charge in [0.15, 0.2) is 11.6 Å². The number of halogens is 1. The second kappa shape index (κ2) is 6.48. The SMILES string of the molecule is CCNC(c1ccc(OC)c(F)c1)c1cnccc1C. The monoisotopic (exact) mass is 274 g/mol. The Morgan fingerprint density at radius 1 is 1.35 bits per heavy atom. The van der Waals surface area contributed by atoms with E-state index in [1.165, 1.54) is 13.2 Å². The molecule has 0 aliphatic heterocycles. The zero-order valence-corrected chi connectivity index (χ0v) is 12.0. The summed E-state index contributed by atoms with van der Waals surface area (Å²) < 4.78 is 18.9. The lowest BCUT2D eigenvalue weighted by Crippen LogP contribution is -2.23. The Kier molecular flexibility index (Phi) is 4.69. The van der Waals surface area contributed by atoms with Crippen molar-refractivity contribution in [2.24, 2.45) is 0 Å². The van der Waals surface area contributed by atoms with E-state index in [-0.39, 0.29) is 17.6 Å². The van der Waals surface area contributed by atoms with Crippen molar-refractivity contribution >= 4 is 0 Å². The summed E-state index contributed by atoms with van der Waals surface area (Å²) in [6.07, 6.45) is 3.58. The van der Waals surface area contributed by atoms with E-state index in [0.29, 0.717) is 0 Å². The van der Waals surface area contributed by atoms with E-state index in [1.807, 2.05) is 32.2 Å². The van der Waals surface area contributed by atoms with Crippen LogP contribution in [-0.4, -0.2) is 18.6 Å². The Labute approximate surface area is 118 Å². The van der Waals surface area contributed by atoms with Crippen LogP contribution in [0.2, 0.25) is 0 Å². The van der Waals surface area contributed by atoms with E-state index >= 15 is 0 Å². The average Bonchev–Trinajstić information content (AvgIpc) is 2.46. The van der Waals surface area contributed by atoms with E-state index in [4.69, 9.17) is 4.74 Å². The topological polar surface area (TPSA) is 34.1 Å². The number of nitrogens with one attached hydrogen (secondary N) is 1. The van der Waals surface area contributed by atoms with Crippen LogP contribution in [0.3, 0.4) is 0 Å². The largest absolute Gasteiger partial charge is 0.494 e. The Bertz CT molecular complexity index is 586. The minimum absolute atomic E-state index is 0.0749. The normalized spacial score (nSPS) is 12.2. The number of aryl methyl sites for hydroxylation is 1. The van der Waals surface area contributed by atoms with Gasteiger partial charge in [0.25, 0.3) is 0 Å². The maximum absolute atomic E-state index is 13.9. The molecule has 0 aliphatic carbocycles. The summed E-state index contributed by atoms with van der Waals surface area (Å²) in [5.74, 6) is -0.0960. The standard InChI is InChI=1S/C16H19FN2O/c1-4-19-16(13-10-18-8-7-11(13)2)12-5-6-15(20-3)14(17)9-12/h5-10,16,19H,4H2,1-3H3. The second-order valence-corrected chi connectivity index (χ2v) is 4.62. The molecule has 0 radical (unpaired) electrons. The molecule has 0 saturated heterocycles. The van der Waals surface area contributed by atoms with Crippen molar-refractivity contribution in [1.29, 1.82) is 0 Å². The minimum Gasteiger partial charge on any atom is -0.494 e. The fourth-order valence-electron chi connectivity index (χ4n) is 2.25. The third-order valence-electron chi connectivity index (χ3n) is 3.31. The Morgan fingerprint density at radius 2 is 2.15 bits per heavy atom. The van der Waals surface area contributed by atoms with Crippen LogP contribution in [0, 0.1) is 12.7 Å². The zero-order chi connectivity index (χ0) is 14.5. The summed E-state index contributed by atoms with van der Waals surface area (Å²) >= 11 is 0. The van der Waals surface area contributed by atoms with Crippen LogP contribution in [0.25, 0.3) is 0 Å². The van der Waals surface area contributed by atoms with Gasteiger partial charge in [0.1, 0.15) is 0 Å². The summed E-state index contributed by atoms with van der Waals surface area (Å²) in [5, 5.41) is 3.37. The predicted molar refractivity (Wildman–Crippen MR) is 77.4 cm³/mol. The van der Waals surface area contributed by atoms with Gasteiger partial charge in [0.05, 0.1) is 13.2 Å². The van der Waals surface area contributed by atoms with Gasteiger partial charge in [-0.1, -0.05) is 13.0 Å². The molecule has 0 bridgehead atoms. The molecule has 2 aromatic rings. The highest BCUT2D eigenvalue weighted by atomic mass is 19.1. The van der Waals surface area contributed by atoms with Crippen LogP contribution in [0.5, 0.6) is 5.75 Å². The molecule has 1 heterocycles.